The van der Waals surface area contributed by atoms with Gasteiger partial charge >= 0.3 is 0 Å². The topological polar surface area (TPSA) is 72.7 Å². The molecule has 1 aliphatic rings. The van der Waals surface area contributed by atoms with Crippen molar-refractivity contribution < 1.29 is 4.79 Å². The van der Waals surface area contributed by atoms with Crippen LogP contribution in [-0.2, 0) is 11.8 Å². The number of amides is 1. The van der Waals surface area contributed by atoms with E-state index < -0.39 is 0 Å². The van der Waals surface area contributed by atoms with Crippen LogP contribution in [0.25, 0.3) is 11.4 Å². The molecule has 1 unspecified atom stereocenters. The second-order valence-electron chi connectivity index (χ2n) is 6.61. The summed E-state index contributed by atoms with van der Waals surface area (Å²) in [5, 5.41) is 12.1. The summed E-state index contributed by atoms with van der Waals surface area (Å²) in [5.74, 6) is 1.49. The van der Waals surface area contributed by atoms with Crippen LogP contribution in [0.5, 0.6) is 0 Å². The number of aromatic nitrogens is 4. The van der Waals surface area contributed by atoms with Gasteiger partial charge in [0.15, 0.2) is 11.0 Å². The van der Waals surface area contributed by atoms with E-state index >= 15 is 0 Å². The standard InChI is InChI=1S/C18H25N5OS/c1-13(17(24)20-12-14-6-4-3-5-7-14)25-18-22-21-16(23(18)2)15-8-10-19-11-9-15/h8-11,13-14H,3-7,12H2,1-2H3,(H,20,24). The van der Waals surface area contributed by atoms with Gasteiger partial charge in [-0.05, 0) is 37.8 Å². The Kier molecular flexibility index (Phi) is 6.07. The number of carbonyl (C=O) groups is 1. The molecule has 0 aromatic carbocycles. The smallest absolute Gasteiger partial charge is 0.233 e. The maximum absolute atomic E-state index is 12.4. The summed E-state index contributed by atoms with van der Waals surface area (Å²) in [6.45, 7) is 2.71. The second kappa shape index (κ2) is 8.47. The van der Waals surface area contributed by atoms with Crippen LogP contribution in [-0.4, -0.2) is 37.5 Å². The third-order valence-corrected chi connectivity index (χ3v) is 5.85. The minimum Gasteiger partial charge on any atom is -0.355 e. The van der Waals surface area contributed by atoms with Gasteiger partial charge in [0.1, 0.15) is 0 Å². The van der Waals surface area contributed by atoms with E-state index in [4.69, 9.17) is 0 Å². The molecule has 3 rings (SSSR count). The van der Waals surface area contributed by atoms with Crippen molar-refractivity contribution in [3.05, 3.63) is 24.5 Å². The molecule has 0 bridgehead atoms. The average Bonchev–Trinajstić information content (AvgIpc) is 3.01. The number of hydrogen-bond acceptors (Lipinski definition) is 5. The number of thioether (sulfide) groups is 1. The van der Waals surface area contributed by atoms with Crippen molar-refractivity contribution in [1.29, 1.82) is 0 Å². The molecule has 0 aliphatic heterocycles. The number of nitrogens with zero attached hydrogens (tertiary/aromatic N) is 4. The first-order valence-corrected chi connectivity index (χ1v) is 9.77. The lowest BCUT2D eigenvalue weighted by molar-refractivity contribution is -0.120. The van der Waals surface area contributed by atoms with Crippen LogP contribution >= 0.6 is 11.8 Å². The van der Waals surface area contributed by atoms with E-state index in [9.17, 15) is 4.79 Å². The van der Waals surface area contributed by atoms with Crippen LogP contribution < -0.4 is 5.32 Å². The Labute approximate surface area is 152 Å². The predicted octanol–water partition coefficient (Wildman–Crippen LogP) is 3.05. The number of carbonyl (C=O) groups excluding carboxylic acids is 1. The molecule has 1 saturated carbocycles. The molecule has 2 heterocycles. The van der Waals surface area contributed by atoms with Gasteiger partial charge in [-0.25, -0.2) is 0 Å². The Morgan fingerprint density at radius 2 is 2.00 bits per heavy atom. The third kappa shape index (κ3) is 4.60. The highest BCUT2D eigenvalue weighted by atomic mass is 32.2. The molecule has 0 spiro atoms. The molecule has 1 amide bonds. The summed E-state index contributed by atoms with van der Waals surface area (Å²) in [6.07, 6.45) is 9.86. The zero-order valence-electron chi connectivity index (χ0n) is 14.8. The molecule has 2 aromatic heterocycles. The molecule has 6 nitrogen and oxygen atoms in total. The highest BCUT2D eigenvalue weighted by Crippen LogP contribution is 2.26. The fourth-order valence-electron chi connectivity index (χ4n) is 3.16. The SMILES string of the molecule is CC(Sc1nnc(-c2ccncc2)n1C)C(=O)NCC1CCCCC1. The van der Waals surface area contributed by atoms with Gasteiger partial charge in [0.2, 0.25) is 5.91 Å². The van der Waals surface area contributed by atoms with Gasteiger partial charge in [0.25, 0.3) is 0 Å². The summed E-state index contributed by atoms with van der Waals surface area (Å²) in [6, 6.07) is 3.80. The Bertz CT molecular complexity index is 697. The van der Waals surface area contributed by atoms with Crippen molar-refractivity contribution in [1.82, 2.24) is 25.1 Å². The lowest BCUT2D eigenvalue weighted by Gasteiger charge is -2.22. The first-order chi connectivity index (χ1) is 12.1. The summed E-state index contributed by atoms with van der Waals surface area (Å²) in [4.78, 5) is 16.4. The lowest BCUT2D eigenvalue weighted by atomic mass is 9.89. The van der Waals surface area contributed by atoms with E-state index in [1.54, 1.807) is 12.4 Å². The number of hydrogen-bond donors (Lipinski definition) is 1. The molecule has 134 valence electrons. The first kappa shape index (κ1) is 17.9. The minimum atomic E-state index is -0.197. The van der Waals surface area contributed by atoms with Crippen molar-refractivity contribution in [3.63, 3.8) is 0 Å². The Balaban J connectivity index is 1.56. The highest BCUT2D eigenvalue weighted by molar-refractivity contribution is 8.00. The molecule has 0 saturated heterocycles. The molecular formula is C18H25N5OS. The van der Waals surface area contributed by atoms with Crippen LogP contribution in [0.1, 0.15) is 39.0 Å². The van der Waals surface area contributed by atoms with Crippen molar-refractivity contribution in [2.24, 2.45) is 13.0 Å². The van der Waals surface area contributed by atoms with Gasteiger partial charge in [-0.2, -0.15) is 0 Å². The summed E-state index contributed by atoms with van der Waals surface area (Å²) < 4.78 is 1.92. The zero-order valence-corrected chi connectivity index (χ0v) is 15.6. The van der Waals surface area contributed by atoms with E-state index in [1.807, 2.05) is 30.7 Å². The molecule has 1 aliphatic carbocycles. The van der Waals surface area contributed by atoms with E-state index in [1.165, 1.54) is 43.9 Å². The van der Waals surface area contributed by atoms with Crippen LogP contribution in [0.2, 0.25) is 0 Å². The first-order valence-electron chi connectivity index (χ1n) is 8.89. The molecule has 1 fully saturated rings. The van der Waals surface area contributed by atoms with Gasteiger partial charge in [-0.1, -0.05) is 31.0 Å². The van der Waals surface area contributed by atoms with E-state index in [0.29, 0.717) is 5.92 Å². The van der Waals surface area contributed by atoms with Crippen molar-refractivity contribution in [2.45, 2.75) is 49.4 Å². The minimum absolute atomic E-state index is 0.0732. The Morgan fingerprint density at radius 1 is 1.28 bits per heavy atom. The van der Waals surface area contributed by atoms with Crippen molar-refractivity contribution >= 4 is 17.7 Å². The average molecular weight is 359 g/mol. The van der Waals surface area contributed by atoms with Crippen LogP contribution in [0.4, 0.5) is 0 Å². The number of pyridine rings is 1. The van der Waals surface area contributed by atoms with Gasteiger partial charge in [0.05, 0.1) is 5.25 Å². The third-order valence-electron chi connectivity index (χ3n) is 4.71. The molecule has 0 radical (unpaired) electrons. The largest absolute Gasteiger partial charge is 0.355 e. The maximum atomic E-state index is 12.4. The lowest BCUT2D eigenvalue weighted by Crippen LogP contribution is -2.35. The molecule has 1 N–H and O–H groups in total. The van der Waals surface area contributed by atoms with Crippen molar-refractivity contribution in [2.75, 3.05) is 6.54 Å². The fourth-order valence-corrected chi connectivity index (χ4v) is 4.00. The van der Waals surface area contributed by atoms with Gasteiger partial charge < -0.3 is 9.88 Å². The monoisotopic (exact) mass is 359 g/mol. The molecule has 25 heavy (non-hydrogen) atoms. The Morgan fingerprint density at radius 3 is 2.72 bits per heavy atom. The van der Waals surface area contributed by atoms with Gasteiger partial charge in [0, 0.05) is 31.5 Å². The molecular weight excluding hydrogens is 334 g/mol. The molecule has 2 aromatic rings. The normalized spacial score (nSPS) is 16.6. The highest BCUT2D eigenvalue weighted by Gasteiger charge is 2.21. The van der Waals surface area contributed by atoms with Gasteiger partial charge in [-0.3, -0.25) is 9.78 Å². The number of nitrogens with one attached hydrogen (secondary N) is 1. The predicted molar refractivity (Wildman–Crippen MR) is 99.1 cm³/mol. The Hall–Kier alpha value is -1.89. The van der Waals surface area contributed by atoms with E-state index in [2.05, 4.69) is 20.5 Å². The van der Waals surface area contributed by atoms with E-state index in [-0.39, 0.29) is 11.2 Å². The van der Waals surface area contributed by atoms with E-state index in [0.717, 1.165) is 23.1 Å². The van der Waals surface area contributed by atoms with Crippen LogP contribution in [0, 0.1) is 5.92 Å². The van der Waals surface area contributed by atoms with Crippen LogP contribution in [0.3, 0.4) is 0 Å². The van der Waals surface area contributed by atoms with Crippen LogP contribution in [0.15, 0.2) is 29.7 Å². The summed E-state index contributed by atoms with van der Waals surface area (Å²) >= 11 is 1.44. The number of rotatable bonds is 6. The van der Waals surface area contributed by atoms with Crippen molar-refractivity contribution in [3.8, 4) is 11.4 Å². The molecule has 1 atom stereocenters. The zero-order chi connectivity index (χ0) is 17.6. The quantitative estimate of drug-likeness (QED) is 0.803. The summed E-state index contributed by atoms with van der Waals surface area (Å²) in [7, 11) is 1.92. The second-order valence-corrected chi connectivity index (χ2v) is 7.92. The maximum Gasteiger partial charge on any atom is 0.233 e. The summed E-state index contributed by atoms with van der Waals surface area (Å²) in [5.41, 5.74) is 0.964. The molecule has 7 heteroatoms. The van der Waals surface area contributed by atoms with Gasteiger partial charge in [-0.15, -0.1) is 10.2 Å². The fraction of sp³-hybridized carbons (Fsp3) is 0.556.